The second-order valence-electron chi connectivity index (χ2n) is 5.19. The predicted octanol–water partition coefficient (Wildman–Crippen LogP) is 5.43. The highest BCUT2D eigenvalue weighted by atomic mass is 35.5. The molecule has 0 spiro atoms. The Morgan fingerprint density at radius 3 is 2.61 bits per heavy atom. The van der Waals surface area contributed by atoms with Gasteiger partial charge in [0.2, 0.25) is 5.91 Å². The summed E-state index contributed by atoms with van der Waals surface area (Å²) in [7, 11) is 0. The molecule has 5 heteroatoms. The predicted molar refractivity (Wildman–Crippen MR) is 96.3 cm³/mol. The van der Waals surface area contributed by atoms with Crippen molar-refractivity contribution in [3.05, 3.63) is 64.1 Å². The summed E-state index contributed by atoms with van der Waals surface area (Å²) in [6.07, 6.45) is 3.28. The van der Waals surface area contributed by atoms with Gasteiger partial charge in [-0.05, 0) is 55.8 Å². The Bertz CT molecular complexity index is 727. The van der Waals surface area contributed by atoms with Crippen molar-refractivity contribution in [2.24, 2.45) is 0 Å². The zero-order chi connectivity index (χ0) is 16.8. The summed E-state index contributed by atoms with van der Waals surface area (Å²) in [5.41, 5.74) is 1.47. The van der Waals surface area contributed by atoms with Gasteiger partial charge in [0.25, 0.3) is 0 Å². The molecule has 0 fully saturated rings. The monoisotopic (exact) mass is 349 g/mol. The smallest absolute Gasteiger partial charge is 0.248 e. The minimum absolute atomic E-state index is 0.104. The number of halogens is 2. The van der Waals surface area contributed by atoms with Crippen molar-refractivity contribution in [1.29, 1.82) is 0 Å². The van der Waals surface area contributed by atoms with E-state index in [4.69, 9.17) is 27.9 Å². The SMILES string of the molecule is CC(C)Oc1cccc(/C=C/C(=O)Nc2ccc(Cl)c(Cl)c2)c1. The Morgan fingerprint density at radius 2 is 1.91 bits per heavy atom. The number of amides is 1. The molecule has 0 saturated heterocycles. The lowest BCUT2D eigenvalue weighted by Gasteiger charge is -2.09. The number of rotatable bonds is 5. The molecule has 1 amide bonds. The maximum absolute atomic E-state index is 11.9. The molecular formula is C18H17Cl2NO2. The van der Waals surface area contributed by atoms with Gasteiger partial charge in [0, 0.05) is 11.8 Å². The maximum atomic E-state index is 11.9. The van der Waals surface area contributed by atoms with E-state index in [9.17, 15) is 4.79 Å². The Hall–Kier alpha value is -1.97. The van der Waals surface area contributed by atoms with Gasteiger partial charge in [-0.3, -0.25) is 4.79 Å². The second-order valence-corrected chi connectivity index (χ2v) is 6.00. The first-order chi connectivity index (χ1) is 10.9. The first-order valence-electron chi connectivity index (χ1n) is 7.15. The van der Waals surface area contributed by atoms with E-state index in [1.54, 1.807) is 24.3 Å². The van der Waals surface area contributed by atoms with Crippen molar-refractivity contribution in [1.82, 2.24) is 0 Å². The average Bonchev–Trinajstić information content (AvgIpc) is 2.49. The fraction of sp³-hybridized carbons (Fsp3) is 0.167. The van der Waals surface area contributed by atoms with Crippen molar-refractivity contribution < 1.29 is 9.53 Å². The molecule has 0 atom stereocenters. The van der Waals surface area contributed by atoms with E-state index < -0.39 is 0 Å². The third-order valence-electron chi connectivity index (χ3n) is 2.84. The van der Waals surface area contributed by atoms with Gasteiger partial charge in [0.1, 0.15) is 5.75 Å². The number of benzene rings is 2. The van der Waals surface area contributed by atoms with Crippen LogP contribution < -0.4 is 10.1 Å². The molecule has 0 heterocycles. The lowest BCUT2D eigenvalue weighted by Crippen LogP contribution is -2.07. The summed E-state index contributed by atoms with van der Waals surface area (Å²) in [5.74, 6) is 0.519. The Labute approximate surface area is 145 Å². The summed E-state index contributed by atoms with van der Waals surface area (Å²) in [6.45, 7) is 3.93. The van der Waals surface area contributed by atoms with E-state index in [1.807, 2.05) is 38.1 Å². The molecule has 120 valence electrons. The fourth-order valence-corrected chi connectivity index (χ4v) is 2.19. The molecule has 0 aliphatic heterocycles. The van der Waals surface area contributed by atoms with E-state index >= 15 is 0 Å². The van der Waals surface area contributed by atoms with Gasteiger partial charge in [0.15, 0.2) is 0 Å². The van der Waals surface area contributed by atoms with Crippen LogP contribution in [0.5, 0.6) is 5.75 Å². The number of hydrogen-bond acceptors (Lipinski definition) is 2. The summed E-state index contributed by atoms with van der Waals surface area (Å²) >= 11 is 11.8. The van der Waals surface area contributed by atoms with Crippen LogP contribution >= 0.6 is 23.2 Å². The molecule has 1 N–H and O–H groups in total. The van der Waals surface area contributed by atoms with E-state index in [0.29, 0.717) is 15.7 Å². The molecule has 2 rings (SSSR count). The summed E-state index contributed by atoms with van der Waals surface area (Å²) < 4.78 is 5.62. The topological polar surface area (TPSA) is 38.3 Å². The van der Waals surface area contributed by atoms with Crippen LogP contribution in [-0.4, -0.2) is 12.0 Å². The molecule has 3 nitrogen and oxygen atoms in total. The van der Waals surface area contributed by atoms with Gasteiger partial charge in [-0.1, -0.05) is 35.3 Å². The molecule has 0 aliphatic rings. The molecule has 0 radical (unpaired) electrons. The molecule has 2 aromatic carbocycles. The van der Waals surface area contributed by atoms with Crippen molar-refractivity contribution in [2.75, 3.05) is 5.32 Å². The molecule has 0 saturated carbocycles. The second kappa shape index (κ2) is 8.04. The van der Waals surface area contributed by atoms with Crippen LogP contribution in [0.15, 0.2) is 48.5 Å². The lowest BCUT2D eigenvalue weighted by atomic mass is 10.2. The lowest BCUT2D eigenvalue weighted by molar-refractivity contribution is -0.111. The normalized spacial score (nSPS) is 11.0. The Morgan fingerprint density at radius 1 is 1.13 bits per heavy atom. The Kier molecular flexibility index (Phi) is 6.08. The first kappa shape index (κ1) is 17.4. The third-order valence-corrected chi connectivity index (χ3v) is 3.58. The largest absolute Gasteiger partial charge is 0.491 e. The molecule has 2 aromatic rings. The van der Waals surface area contributed by atoms with Crippen LogP contribution in [0.1, 0.15) is 19.4 Å². The van der Waals surface area contributed by atoms with Crippen molar-refractivity contribution in [3.63, 3.8) is 0 Å². The number of carbonyl (C=O) groups is 1. The maximum Gasteiger partial charge on any atom is 0.248 e. The first-order valence-corrected chi connectivity index (χ1v) is 7.90. The zero-order valence-corrected chi connectivity index (χ0v) is 14.4. The number of ether oxygens (including phenoxy) is 1. The highest BCUT2D eigenvalue weighted by Crippen LogP contribution is 2.25. The van der Waals surface area contributed by atoms with Crippen molar-refractivity contribution >= 4 is 40.9 Å². The highest BCUT2D eigenvalue weighted by Gasteiger charge is 2.02. The standard InChI is InChI=1S/C18H17Cl2NO2/c1-12(2)23-15-5-3-4-13(10-15)6-9-18(22)21-14-7-8-16(19)17(20)11-14/h3-12H,1-2H3,(H,21,22)/b9-6+. The van der Waals surface area contributed by atoms with E-state index in [0.717, 1.165) is 11.3 Å². The molecule has 0 bridgehead atoms. The summed E-state index contributed by atoms with van der Waals surface area (Å²) in [5, 5.41) is 3.57. The zero-order valence-electron chi connectivity index (χ0n) is 12.8. The molecule has 0 aliphatic carbocycles. The number of anilines is 1. The van der Waals surface area contributed by atoms with Gasteiger partial charge in [-0.2, -0.15) is 0 Å². The van der Waals surface area contributed by atoms with Crippen LogP contribution in [0.4, 0.5) is 5.69 Å². The van der Waals surface area contributed by atoms with E-state index in [-0.39, 0.29) is 12.0 Å². The van der Waals surface area contributed by atoms with Gasteiger partial charge in [-0.25, -0.2) is 0 Å². The summed E-state index contributed by atoms with van der Waals surface area (Å²) in [4.78, 5) is 11.9. The fourth-order valence-electron chi connectivity index (χ4n) is 1.89. The van der Waals surface area contributed by atoms with Gasteiger partial charge < -0.3 is 10.1 Å². The quantitative estimate of drug-likeness (QED) is 0.730. The van der Waals surface area contributed by atoms with Crippen LogP contribution in [0.3, 0.4) is 0 Å². The van der Waals surface area contributed by atoms with Gasteiger partial charge in [-0.15, -0.1) is 0 Å². The van der Waals surface area contributed by atoms with E-state index in [2.05, 4.69) is 5.32 Å². The average molecular weight is 350 g/mol. The molecule has 23 heavy (non-hydrogen) atoms. The Balaban J connectivity index is 2.01. The minimum atomic E-state index is -0.251. The molecule has 0 unspecified atom stereocenters. The third kappa shape index (κ3) is 5.62. The van der Waals surface area contributed by atoms with Crippen molar-refractivity contribution in [3.8, 4) is 5.75 Å². The van der Waals surface area contributed by atoms with E-state index in [1.165, 1.54) is 6.08 Å². The summed E-state index contributed by atoms with van der Waals surface area (Å²) in [6, 6.07) is 12.5. The van der Waals surface area contributed by atoms with Gasteiger partial charge in [0.05, 0.1) is 16.1 Å². The van der Waals surface area contributed by atoms with Crippen LogP contribution in [0.25, 0.3) is 6.08 Å². The minimum Gasteiger partial charge on any atom is -0.491 e. The number of hydrogen-bond donors (Lipinski definition) is 1. The molecule has 0 aromatic heterocycles. The van der Waals surface area contributed by atoms with Crippen LogP contribution in [0.2, 0.25) is 10.0 Å². The van der Waals surface area contributed by atoms with Crippen LogP contribution in [-0.2, 0) is 4.79 Å². The van der Waals surface area contributed by atoms with Gasteiger partial charge >= 0.3 is 0 Å². The van der Waals surface area contributed by atoms with Crippen LogP contribution in [0, 0.1) is 0 Å². The molecular weight excluding hydrogens is 333 g/mol. The highest BCUT2D eigenvalue weighted by molar-refractivity contribution is 6.42. The number of carbonyl (C=O) groups excluding carboxylic acids is 1. The number of nitrogens with one attached hydrogen (secondary N) is 1. The van der Waals surface area contributed by atoms with Crippen molar-refractivity contribution in [2.45, 2.75) is 20.0 Å².